The summed E-state index contributed by atoms with van der Waals surface area (Å²) in [6.45, 7) is 2.23. The minimum absolute atomic E-state index is 0.00869. The Morgan fingerprint density at radius 1 is 1.21 bits per heavy atom. The molecule has 2 fully saturated rings. The van der Waals surface area contributed by atoms with E-state index in [1.165, 1.54) is 11.8 Å². The van der Waals surface area contributed by atoms with Gasteiger partial charge in [-0.15, -0.1) is 0 Å². The van der Waals surface area contributed by atoms with Crippen LogP contribution in [0.4, 0.5) is 4.79 Å². The molecule has 2 amide bonds. The lowest BCUT2D eigenvalue weighted by Crippen LogP contribution is -2.51. The van der Waals surface area contributed by atoms with Crippen molar-refractivity contribution in [2.45, 2.75) is 11.8 Å². The van der Waals surface area contributed by atoms with Gasteiger partial charge in [0, 0.05) is 51.6 Å². The lowest BCUT2D eigenvalue weighted by Gasteiger charge is -2.42. The van der Waals surface area contributed by atoms with Crippen molar-refractivity contribution in [1.82, 2.24) is 14.1 Å². The molecule has 0 aliphatic carbocycles. The third-order valence-electron chi connectivity index (χ3n) is 5.40. The SMILES string of the molecule is CN(C)C(=O)N1C[C@H]2CN(S(C)(=O)=O)CC[C@]2(c2ccccc2)C1. The quantitative estimate of drug-likeness (QED) is 0.804. The highest BCUT2D eigenvalue weighted by molar-refractivity contribution is 7.88. The molecule has 7 heteroatoms. The van der Waals surface area contributed by atoms with Crippen LogP contribution in [0.15, 0.2) is 30.3 Å². The van der Waals surface area contributed by atoms with Gasteiger partial charge in [0.2, 0.25) is 10.0 Å². The van der Waals surface area contributed by atoms with E-state index in [9.17, 15) is 13.2 Å². The maximum Gasteiger partial charge on any atom is 0.319 e. The van der Waals surface area contributed by atoms with Crippen LogP contribution in [0.1, 0.15) is 12.0 Å². The number of rotatable bonds is 2. The number of carbonyl (C=O) groups is 1. The number of piperidine rings is 1. The van der Waals surface area contributed by atoms with Crippen molar-refractivity contribution in [2.24, 2.45) is 5.92 Å². The second kappa shape index (κ2) is 6.04. The van der Waals surface area contributed by atoms with Gasteiger partial charge in [0.25, 0.3) is 0 Å². The largest absolute Gasteiger partial charge is 0.331 e. The van der Waals surface area contributed by atoms with Gasteiger partial charge in [-0.2, -0.15) is 0 Å². The Kier molecular flexibility index (Phi) is 4.34. The summed E-state index contributed by atoms with van der Waals surface area (Å²) < 4.78 is 25.5. The van der Waals surface area contributed by atoms with Crippen LogP contribution < -0.4 is 0 Å². The number of fused-ring (bicyclic) bond motifs is 1. The Labute approximate surface area is 144 Å². The van der Waals surface area contributed by atoms with E-state index < -0.39 is 10.0 Å². The summed E-state index contributed by atoms with van der Waals surface area (Å²) in [5, 5.41) is 0. The highest BCUT2D eigenvalue weighted by atomic mass is 32.2. The highest BCUT2D eigenvalue weighted by Crippen LogP contribution is 2.45. The van der Waals surface area contributed by atoms with Gasteiger partial charge in [0.05, 0.1) is 6.26 Å². The number of hydrogen-bond donors (Lipinski definition) is 0. The molecule has 2 heterocycles. The number of carbonyl (C=O) groups excluding carboxylic acids is 1. The number of urea groups is 1. The fourth-order valence-corrected chi connectivity index (χ4v) is 5.00. The predicted molar refractivity (Wildman–Crippen MR) is 93.3 cm³/mol. The van der Waals surface area contributed by atoms with Crippen LogP contribution in [-0.2, 0) is 15.4 Å². The van der Waals surface area contributed by atoms with Crippen LogP contribution in [0.25, 0.3) is 0 Å². The molecule has 132 valence electrons. The molecule has 0 spiro atoms. The predicted octanol–water partition coefficient (Wildman–Crippen LogP) is 1.20. The minimum Gasteiger partial charge on any atom is -0.331 e. The van der Waals surface area contributed by atoms with Gasteiger partial charge in [0.15, 0.2) is 0 Å². The summed E-state index contributed by atoms with van der Waals surface area (Å²) in [6, 6.07) is 10.2. The van der Waals surface area contributed by atoms with Crippen LogP contribution in [0.2, 0.25) is 0 Å². The number of amides is 2. The van der Waals surface area contributed by atoms with E-state index in [2.05, 4.69) is 12.1 Å². The van der Waals surface area contributed by atoms with Crippen LogP contribution >= 0.6 is 0 Å². The monoisotopic (exact) mass is 351 g/mol. The second-order valence-electron chi connectivity index (χ2n) is 7.15. The Bertz CT molecular complexity index is 720. The maximum atomic E-state index is 12.5. The molecule has 24 heavy (non-hydrogen) atoms. The fourth-order valence-electron chi connectivity index (χ4n) is 4.12. The second-order valence-corrected chi connectivity index (χ2v) is 9.13. The van der Waals surface area contributed by atoms with Crippen molar-refractivity contribution < 1.29 is 13.2 Å². The number of sulfonamides is 1. The molecule has 0 N–H and O–H groups in total. The van der Waals surface area contributed by atoms with Crippen molar-refractivity contribution in [1.29, 1.82) is 0 Å². The molecule has 2 aliphatic heterocycles. The molecule has 2 atom stereocenters. The normalized spacial score (nSPS) is 27.8. The molecule has 1 aromatic rings. The van der Waals surface area contributed by atoms with E-state index in [-0.39, 0.29) is 17.4 Å². The standard InChI is InChI=1S/C17H25N3O3S/c1-18(2)16(21)19-11-15-12-20(24(3,22)23)10-9-17(15,13-19)14-7-5-4-6-8-14/h4-8,15H,9-13H2,1-3H3/t15-,17+/m0/s1. The van der Waals surface area contributed by atoms with Crippen molar-refractivity contribution in [2.75, 3.05) is 46.5 Å². The zero-order valence-corrected chi connectivity index (χ0v) is 15.3. The van der Waals surface area contributed by atoms with Crippen LogP contribution in [0, 0.1) is 5.92 Å². The Morgan fingerprint density at radius 3 is 2.46 bits per heavy atom. The van der Waals surface area contributed by atoms with E-state index in [1.54, 1.807) is 23.3 Å². The van der Waals surface area contributed by atoms with Crippen molar-refractivity contribution in [3.8, 4) is 0 Å². The summed E-state index contributed by atoms with van der Waals surface area (Å²) in [6.07, 6.45) is 2.01. The first-order valence-corrected chi connectivity index (χ1v) is 10.1. The first-order valence-electron chi connectivity index (χ1n) is 8.21. The Hall–Kier alpha value is -1.60. The topological polar surface area (TPSA) is 60.9 Å². The van der Waals surface area contributed by atoms with Crippen LogP contribution in [0.3, 0.4) is 0 Å². The summed E-state index contributed by atoms with van der Waals surface area (Å²) in [4.78, 5) is 15.9. The van der Waals surface area contributed by atoms with Crippen LogP contribution in [-0.4, -0.2) is 75.1 Å². The number of nitrogens with zero attached hydrogens (tertiary/aromatic N) is 3. The van der Waals surface area contributed by atoms with Gasteiger partial charge in [0.1, 0.15) is 0 Å². The van der Waals surface area contributed by atoms with Gasteiger partial charge >= 0.3 is 6.03 Å². The molecule has 6 nitrogen and oxygen atoms in total. The molecular formula is C17H25N3O3S. The highest BCUT2D eigenvalue weighted by Gasteiger charge is 2.52. The van der Waals surface area contributed by atoms with E-state index >= 15 is 0 Å². The first-order chi connectivity index (χ1) is 11.2. The molecule has 0 bridgehead atoms. The fraction of sp³-hybridized carbons (Fsp3) is 0.588. The Balaban J connectivity index is 1.96. The third kappa shape index (κ3) is 2.91. The lowest BCUT2D eigenvalue weighted by atomic mass is 9.68. The molecule has 0 aromatic heterocycles. The average Bonchev–Trinajstić information content (AvgIpc) is 2.93. The van der Waals surface area contributed by atoms with Gasteiger partial charge in [-0.05, 0) is 12.0 Å². The molecule has 2 saturated heterocycles. The van der Waals surface area contributed by atoms with E-state index in [0.29, 0.717) is 26.2 Å². The smallest absolute Gasteiger partial charge is 0.319 e. The molecule has 2 aliphatic rings. The minimum atomic E-state index is -3.21. The molecule has 0 saturated carbocycles. The zero-order valence-electron chi connectivity index (χ0n) is 14.5. The number of benzene rings is 1. The maximum absolute atomic E-state index is 12.5. The summed E-state index contributed by atoms with van der Waals surface area (Å²) in [5.74, 6) is 0.118. The zero-order chi connectivity index (χ0) is 17.5. The van der Waals surface area contributed by atoms with Crippen molar-refractivity contribution >= 4 is 16.1 Å². The lowest BCUT2D eigenvalue weighted by molar-refractivity contribution is 0.177. The van der Waals surface area contributed by atoms with Gasteiger partial charge in [-0.25, -0.2) is 17.5 Å². The first kappa shape index (κ1) is 17.2. The van der Waals surface area contributed by atoms with Gasteiger partial charge in [-0.3, -0.25) is 0 Å². The molecule has 1 aromatic carbocycles. The van der Waals surface area contributed by atoms with E-state index in [4.69, 9.17) is 0 Å². The molecule has 0 unspecified atom stereocenters. The number of hydrogen-bond acceptors (Lipinski definition) is 3. The van der Waals surface area contributed by atoms with Crippen molar-refractivity contribution in [3.05, 3.63) is 35.9 Å². The molecule has 3 rings (SSSR count). The number of likely N-dealkylation sites (tertiary alicyclic amines) is 1. The molecular weight excluding hydrogens is 326 g/mol. The van der Waals surface area contributed by atoms with Gasteiger partial charge < -0.3 is 9.80 Å². The van der Waals surface area contributed by atoms with Gasteiger partial charge in [-0.1, -0.05) is 30.3 Å². The van der Waals surface area contributed by atoms with E-state index in [0.717, 1.165) is 6.42 Å². The Morgan fingerprint density at radius 2 is 1.88 bits per heavy atom. The average molecular weight is 351 g/mol. The van der Waals surface area contributed by atoms with E-state index in [1.807, 2.05) is 23.1 Å². The molecule has 0 radical (unpaired) electrons. The summed E-state index contributed by atoms with van der Waals surface area (Å²) in [5.41, 5.74) is 1.05. The van der Waals surface area contributed by atoms with Crippen LogP contribution in [0.5, 0.6) is 0 Å². The summed E-state index contributed by atoms with van der Waals surface area (Å²) in [7, 11) is 0.297. The third-order valence-corrected chi connectivity index (χ3v) is 6.67. The summed E-state index contributed by atoms with van der Waals surface area (Å²) >= 11 is 0. The van der Waals surface area contributed by atoms with Crippen molar-refractivity contribution in [3.63, 3.8) is 0 Å².